The fourth-order valence-electron chi connectivity index (χ4n) is 3.19. The highest BCUT2D eigenvalue weighted by Crippen LogP contribution is 2.36. The van der Waals surface area contributed by atoms with Crippen LogP contribution in [0.3, 0.4) is 0 Å². The van der Waals surface area contributed by atoms with Gasteiger partial charge in [0.05, 0.1) is 19.3 Å². The van der Waals surface area contributed by atoms with E-state index in [0.717, 1.165) is 6.42 Å². The van der Waals surface area contributed by atoms with Crippen LogP contribution in [-0.2, 0) is 18.9 Å². The van der Waals surface area contributed by atoms with Crippen molar-refractivity contribution in [3.05, 3.63) is 0 Å². The van der Waals surface area contributed by atoms with Gasteiger partial charge in [-0.05, 0) is 32.1 Å². The highest BCUT2D eigenvalue weighted by atomic mass is 16.8. The lowest BCUT2D eigenvalue weighted by molar-refractivity contribution is -0.257. The van der Waals surface area contributed by atoms with E-state index < -0.39 is 5.79 Å². The van der Waals surface area contributed by atoms with Gasteiger partial charge in [-0.25, -0.2) is 0 Å². The second kappa shape index (κ2) is 6.30. The smallest absolute Gasteiger partial charge is 0.163 e. The largest absolute Gasteiger partial charge is 0.350 e. The summed E-state index contributed by atoms with van der Waals surface area (Å²) in [5.41, 5.74) is 0. The Morgan fingerprint density at radius 1 is 1.10 bits per heavy atom. The molecule has 2 rings (SSSR count). The maximum Gasteiger partial charge on any atom is 0.163 e. The third-order valence-electron chi connectivity index (χ3n) is 4.90. The molecule has 2 saturated heterocycles. The third-order valence-corrected chi connectivity index (χ3v) is 4.90. The Kier molecular flexibility index (Phi) is 5.11. The molecule has 0 saturated carbocycles. The van der Waals surface area contributed by atoms with Crippen LogP contribution in [-0.4, -0.2) is 37.5 Å². The Bertz CT molecular complexity index is 316. The van der Waals surface area contributed by atoms with Crippen LogP contribution < -0.4 is 0 Å². The van der Waals surface area contributed by atoms with E-state index in [-0.39, 0.29) is 12.4 Å². The molecule has 0 radical (unpaired) electrons. The Labute approximate surface area is 123 Å². The monoisotopic (exact) mass is 286 g/mol. The van der Waals surface area contributed by atoms with Gasteiger partial charge in [0, 0.05) is 5.92 Å². The first-order chi connectivity index (χ1) is 9.34. The van der Waals surface area contributed by atoms with Crippen LogP contribution in [0, 0.1) is 17.8 Å². The van der Waals surface area contributed by atoms with E-state index in [1.807, 2.05) is 13.8 Å². The van der Waals surface area contributed by atoms with Crippen molar-refractivity contribution in [3.8, 4) is 0 Å². The molecule has 0 bridgehead atoms. The van der Waals surface area contributed by atoms with Gasteiger partial charge in [-0.15, -0.1) is 0 Å². The summed E-state index contributed by atoms with van der Waals surface area (Å²) < 4.78 is 23.5. The van der Waals surface area contributed by atoms with Gasteiger partial charge >= 0.3 is 0 Å². The van der Waals surface area contributed by atoms with Gasteiger partial charge in [-0.2, -0.15) is 0 Å². The Hall–Kier alpha value is -0.160. The molecule has 0 aliphatic carbocycles. The first-order valence-corrected chi connectivity index (χ1v) is 7.93. The van der Waals surface area contributed by atoms with Crippen molar-refractivity contribution in [2.45, 2.75) is 72.2 Å². The average molecular weight is 286 g/mol. The first-order valence-electron chi connectivity index (χ1n) is 7.93. The molecule has 4 nitrogen and oxygen atoms in total. The van der Waals surface area contributed by atoms with Crippen LogP contribution in [0.25, 0.3) is 0 Å². The summed E-state index contributed by atoms with van der Waals surface area (Å²) in [6.07, 6.45) is 1.21. The van der Waals surface area contributed by atoms with E-state index in [1.165, 1.54) is 0 Å². The fourth-order valence-corrected chi connectivity index (χ4v) is 3.19. The first kappa shape index (κ1) is 16.2. The quantitative estimate of drug-likeness (QED) is 0.795. The molecule has 0 spiro atoms. The predicted molar refractivity (Wildman–Crippen MR) is 77.3 cm³/mol. The maximum absolute atomic E-state index is 6.12. The van der Waals surface area contributed by atoms with Gasteiger partial charge in [0.25, 0.3) is 0 Å². The Balaban J connectivity index is 1.86. The van der Waals surface area contributed by atoms with E-state index in [2.05, 4.69) is 27.7 Å². The molecule has 0 aromatic heterocycles. The predicted octanol–water partition coefficient (Wildman–Crippen LogP) is 3.20. The zero-order chi connectivity index (χ0) is 14.9. The van der Waals surface area contributed by atoms with Crippen molar-refractivity contribution in [2.75, 3.05) is 13.2 Å². The van der Waals surface area contributed by atoms with Gasteiger partial charge in [0.15, 0.2) is 12.1 Å². The lowest BCUT2D eigenvalue weighted by atomic mass is 9.78. The highest BCUT2D eigenvalue weighted by molar-refractivity contribution is 4.82. The van der Waals surface area contributed by atoms with Gasteiger partial charge in [0.1, 0.15) is 6.10 Å². The van der Waals surface area contributed by atoms with Crippen molar-refractivity contribution in [1.82, 2.24) is 0 Å². The molecule has 4 heteroatoms. The van der Waals surface area contributed by atoms with E-state index in [0.29, 0.717) is 37.1 Å². The summed E-state index contributed by atoms with van der Waals surface area (Å²) in [5.74, 6) is 1.11. The van der Waals surface area contributed by atoms with Crippen LogP contribution >= 0.6 is 0 Å². The Morgan fingerprint density at radius 3 is 2.35 bits per heavy atom. The second-order valence-corrected chi connectivity index (χ2v) is 6.81. The van der Waals surface area contributed by atoms with Gasteiger partial charge < -0.3 is 18.9 Å². The molecular weight excluding hydrogens is 256 g/mol. The van der Waals surface area contributed by atoms with Gasteiger partial charge in [-0.3, -0.25) is 0 Å². The summed E-state index contributed by atoms with van der Waals surface area (Å²) in [5, 5.41) is 0. The van der Waals surface area contributed by atoms with Crippen molar-refractivity contribution >= 4 is 0 Å². The van der Waals surface area contributed by atoms with Gasteiger partial charge in [0.2, 0.25) is 0 Å². The molecule has 2 fully saturated rings. The van der Waals surface area contributed by atoms with E-state index in [1.54, 1.807) is 0 Å². The summed E-state index contributed by atoms with van der Waals surface area (Å²) in [4.78, 5) is 0. The van der Waals surface area contributed by atoms with Crippen molar-refractivity contribution < 1.29 is 18.9 Å². The van der Waals surface area contributed by atoms with Crippen LogP contribution in [0.1, 0.15) is 48.0 Å². The van der Waals surface area contributed by atoms with Crippen LogP contribution in [0.15, 0.2) is 0 Å². The zero-order valence-electron chi connectivity index (χ0n) is 13.7. The van der Waals surface area contributed by atoms with Crippen molar-refractivity contribution in [3.63, 3.8) is 0 Å². The van der Waals surface area contributed by atoms with Crippen LogP contribution in [0.4, 0.5) is 0 Å². The fraction of sp³-hybridized carbons (Fsp3) is 1.00. The topological polar surface area (TPSA) is 36.9 Å². The van der Waals surface area contributed by atoms with E-state index >= 15 is 0 Å². The zero-order valence-corrected chi connectivity index (χ0v) is 13.7. The minimum Gasteiger partial charge on any atom is -0.350 e. The SMILES string of the molecule is CCC1O[C@@H](OCC2COC(C)(C)O2)C(C)[C@@H](C)[C@@H]1C. The lowest BCUT2D eigenvalue weighted by Crippen LogP contribution is -2.46. The number of rotatable bonds is 4. The molecule has 0 amide bonds. The summed E-state index contributed by atoms with van der Waals surface area (Å²) >= 11 is 0. The molecule has 2 aliphatic rings. The molecule has 6 atom stereocenters. The maximum atomic E-state index is 6.12. The molecule has 0 aromatic carbocycles. The van der Waals surface area contributed by atoms with E-state index in [4.69, 9.17) is 18.9 Å². The Morgan fingerprint density at radius 2 is 1.80 bits per heavy atom. The summed E-state index contributed by atoms with van der Waals surface area (Å²) in [7, 11) is 0. The van der Waals surface area contributed by atoms with Crippen LogP contribution in [0.2, 0.25) is 0 Å². The molecule has 0 aromatic rings. The summed E-state index contributed by atoms with van der Waals surface area (Å²) in [6, 6.07) is 0. The molecule has 3 unspecified atom stereocenters. The third kappa shape index (κ3) is 3.53. The van der Waals surface area contributed by atoms with Crippen molar-refractivity contribution in [2.24, 2.45) is 17.8 Å². The molecule has 118 valence electrons. The van der Waals surface area contributed by atoms with E-state index in [9.17, 15) is 0 Å². The summed E-state index contributed by atoms with van der Waals surface area (Å²) in [6.45, 7) is 14.0. The minimum absolute atomic E-state index is 0.00975. The van der Waals surface area contributed by atoms with Crippen LogP contribution in [0.5, 0.6) is 0 Å². The second-order valence-electron chi connectivity index (χ2n) is 6.81. The van der Waals surface area contributed by atoms with Gasteiger partial charge in [-0.1, -0.05) is 27.7 Å². The molecule has 2 aliphatic heterocycles. The highest BCUT2D eigenvalue weighted by Gasteiger charge is 2.40. The molecule has 20 heavy (non-hydrogen) atoms. The standard InChI is InChI=1S/C16H30O4/c1-7-14-11(3)10(2)12(4)15(19-14)17-8-13-9-18-16(5,6)20-13/h10-15H,7-9H2,1-6H3/t10-,11-,12?,13?,14?,15+/m0/s1. The number of ether oxygens (including phenoxy) is 4. The number of hydrogen-bond acceptors (Lipinski definition) is 4. The number of hydrogen-bond donors (Lipinski definition) is 0. The molecule has 0 N–H and O–H groups in total. The average Bonchev–Trinajstić information content (AvgIpc) is 2.75. The normalized spacial score (nSPS) is 44.7. The lowest BCUT2D eigenvalue weighted by Gasteiger charge is -2.43. The molecule has 2 heterocycles. The van der Waals surface area contributed by atoms with Crippen molar-refractivity contribution in [1.29, 1.82) is 0 Å². The minimum atomic E-state index is -0.485. The molecular formula is C16H30O4.